The van der Waals surface area contributed by atoms with Crippen LogP contribution in [0.5, 0.6) is 0 Å². The van der Waals surface area contributed by atoms with Gasteiger partial charge in [-0.2, -0.15) is 0 Å². The number of hydrogen-bond acceptors (Lipinski definition) is 6. The van der Waals surface area contributed by atoms with E-state index >= 15 is 0 Å². The van der Waals surface area contributed by atoms with E-state index in [2.05, 4.69) is 62.0 Å². The van der Waals surface area contributed by atoms with Gasteiger partial charge < -0.3 is 14.4 Å². The van der Waals surface area contributed by atoms with Gasteiger partial charge in [0, 0.05) is 44.0 Å². The molecule has 0 N–H and O–H groups in total. The average Bonchev–Trinajstić information content (AvgIpc) is 3.35. The number of benzene rings is 2. The van der Waals surface area contributed by atoms with Gasteiger partial charge in [0.25, 0.3) is 0 Å². The Labute approximate surface area is 244 Å². The van der Waals surface area contributed by atoms with Crippen molar-refractivity contribution < 1.29 is 19.1 Å². The molecule has 2 heterocycles. The highest BCUT2D eigenvalue weighted by Gasteiger charge is 2.47. The molecule has 1 atom stereocenters. The Balaban J connectivity index is 1.54. The molecule has 5 rings (SSSR count). The third kappa shape index (κ3) is 5.74. The second kappa shape index (κ2) is 10.8. The van der Waals surface area contributed by atoms with Crippen molar-refractivity contribution in [3.05, 3.63) is 64.8 Å². The van der Waals surface area contributed by atoms with E-state index in [1.807, 2.05) is 39.1 Å². The lowest BCUT2D eigenvalue weighted by Crippen LogP contribution is -2.47. The molecule has 2 fully saturated rings. The molecule has 0 unspecified atom stereocenters. The minimum absolute atomic E-state index is 0.238. The van der Waals surface area contributed by atoms with Crippen LogP contribution >= 0.6 is 0 Å². The van der Waals surface area contributed by atoms with E-state index < -0.39 is 5.60 Å². The zero-order chi connectivity index (χ0) is 29.7. The van der Waals surface area contributed by atoms with Gasteiger partial charge in [-0.05, 0) is 112 Å². The first-order valence-corrected chi connectivity index (χ1v) is 14.8. The summed E-state index contributed by atoms with van der Waals surface area (Å²) in [5, 5.41) is 1.08. The zero-order valence-corrected chi connectivity index (χ0v) is 25.9. The van der Waals surface area contributed by atoms with Crippen LogP contribution in [0.3, 0.4) is 0 Å². The van der Waals surface area contributed by atoms with E-state index in [1.54, 1.807) is 4.57 Å². The smallest absolute Gasteiger partial charge is 0.419 e. The topological polar surface area (TPSA) is 64.0 Å². The number of aryl methyl sites for hydroxylation is 1. The fourth-order valence-electron chi connectivity index (χ4n) is 7.25. The Kier molecular flexibility index (Phi) is 7.70. The molecule has 2 aliphatic rings. The van der Waals surface area contributed by atoms with Gasteiger partial charge in [-0.1, -0.05) is 19.1 Å². The summed E-state index contributed by atoms with van der Waals surface area (Å²) < 4.78 is 12.3. The summed E-state index contributed by atoms with van der Waals surface area (Å²) in [5.74, 6) is 0.474. The SMILES string of the molecule is COC(=O)c1ccc([C@@H]2CC3(CCN2Cc2c(N(C)C)cc(C)c4c2ccn4C(=O)OC(C)(C)C)CC(C)C3)cc1. The van der Waals surface area contributed by atoms with Crippen molar-refractivity contribution in [2.24, 2.45) is 11.3 Å². The third-order valence-corrected chi connectivity index (χ3v) is 8.96. The molecular weight excluding hydrogens is 514 g/mol. The van der Waals surface area contributed by atoms with Gasteiger partial charge in [-0.15, -0.1) is 0 Å². The quantitative estimate of drug-likeness (QED) is 0.305. The lowest BCUT2D eigenvalue weighted by atomic mass is 9.56. The molecular formula is C34H45N3O4. The van der Waals surface area contributed by atoms with Crippen LogP contribution in [0.15, 0.2) is 42.6 Å². The molecule has 7 heteroatoms. The number of aromatic nitrogens is 1. The number of nitrogens with zero attached hydrogens (tertiary/aromatic N) is 3. The summed E-state index contributed by atoms with van der Waals surface area (Å²) in [7, 11) is 5.58. The van der Waals surface area contributed by atoms with Gasteiger partial charge in [-0.3, -0.25) is 9.47 Å². The van der Waals surface area contributed by atoms with Crippen LogP contribution < -0.4 is 4.90 Å². The van der Waals surface area contributed by atoms with Crippen molar-refractivity contribution in [2.75, 3.05) is 32.6 Å². The Morgan fingerprint density at radius 3 is 2.34 bits per heavy atom. The molecule has 3 aromatic rings. The van der Waals surface area contributed by atoms with Gasteiger partial charge in [-0.25, -0.2) is 9.59 Å². The second-order valence-electron chi connectivity index (χ2n) is 13.6. The predicted molar refractivity (Wildman–Crippen MR) is 164 cm³/mol. The predicted octanol–water partition coefficient (Wildman–Crippen LogP) is 7.34. The molecule has 0 amide bonds. The normalized spacial score (nSPS) is 22.9. The molecule has 2 aromatic carbocycles. The number of fused-ring (bicyclic) bond motifs is 1. The molecule has 0 radical (unpaired) electrons. The number of anilines is 1. The highest BCUT2D eigenvalue weighted by molar-refractivity contribution is 5.96. The van der Waals surface area contributed by atoms with Crippen molar-refractivity contribution in [3.63, 3.8) is 0 Å². The highest BCUT2D eigenvalue weighted by atomic mass is 16.6. The number of esters is 1. The molecule has 1 saturated heterocycles. The molecule has 0 bridgehead atoms. The van der Waals surface area contributed by atoms with Crippen LogP contribution in [0.2, 0.25) is 0 Å². The third-order valence-electron chi connectivity index (χ3n) is 8.96. The first-order valence-electron chi connectivity index (χ1n) is 14.8. The van der Waals surface area contributed by atoms with Crippen molar-refractivity contribution in [1.82, 2.24) is 9.47 Å². The minimum Gasteiger partial charge on any atom is -0.465 e. The van der Waals surface area contributed by atoms with Gasteiger partial charge in [0.1, 0.15) is 5.60 Å². The molecule has 1 spiro atoms. The maximum atomic E-state index is 13.2. The Bertz CT molecular complexity index is 1440. The van der Waals surface area contributed by atoms with Gasteiger partial charge in [0.05, 0.1) is 18.2 Å². The Hall–Kier alpha value is -3.32. The Morgan fingerprint density at radius 2 is 1.76 bits per heavy atom. The van der Waals surface area contributed by atoms with Crippen molar-refractivity contribution in [3.8, 4) is 0 Å². The summed E-state index contributed by atoms with van der Waals surface area (Å²) in [5.41, 5.74) is 5.95. The zero-order valence-electron chi connectivity index (χ0n) is 25.9. The summed E-state index contributed by atoms with van der Waals surface area (Å²) in [6.45, 7) is 11.9. The van der Waals surface area contributed by atoms with Gasteiger partial charge in [0.15, 0.2) is 0 Å². The summed E-state index contributed by atoms with van der Waals surface area (Å²) in [6.07, 6.45) is 6.36. The van der Waals surface area contributed by atoms with Crippen LogP contribution in [-0.4, -0.2) is 54.9 Å². The van der Waals surface area contributed by atoms with E-state index in [0.717, 1.165) is 47.6 Å². The van der Waals surface area contributed by atoms with Crippen molar-refractivity contribution >= 4 is 28.7 Å². The summed E-state index contributed by atoms with van der Waals surface area (Å²) in [4.78, 5) is 30.0. The maximum Gasteiger partial charge on any atom is 0.419 e. The largest absolute Gasteiger partial charge is 0.465 e. The lowest BCUT2D eigenvalue weighted by Gasteiger charge is -2.54. The van der Waals surface area contributed by atoms with E-state index in [1.165, 1.54) is 37.5 Å². The number of piperidine rings is 1. The fraction of sp³-hybridized carbons (Fsp3) is 0.529. The first kappa shape index (κ1) is 29.2. The van der Waals surface area contributed by atoms with Crippen LogP contribution in [0, 0.1) is 18.3 Å². The summed E-state index contributed by atoms with van der Waals surface area (Å²) >= 11 is 0. The standard InChI is InChI=1S/C34H45N3O4/c1-22-18-34(19-22)14-16-36(29(20-34)24-9-11-25(12-10-24)31(38)40-8)21-27-26-13-15-37(32(39)41-33(3,4)5)30(26)23(2)17-28(27)35(6)7/h9-13,15,17,22,29H,14,16,18-21H2,1-8H3/t22?,29-,34?/m0/s1. The van der Waals surface area contributed by atoms with Crippen LogP contribution in [-0.2, 0) is 16.0 Å². The van der Waals surface area contributed by atoms with E-state index in [9.17, 15) is 9.59 Å². The minimum atomic E-state index is -0.576. The summed E-state index contributed by atoms with van der Waals surface area (Å²) in [6, 6.07) is 12.5. The number of methoxy groups -OCH3 is 1. The molecule has 1 aliphatic heterocycles. The first-order chi connectivity index (χ1) is 19.3. The molecule has 1 saturated carbocycles. The molecule has 1 aromatic heterocycles. The van der Waals surface area contributed by atoms with Crippen LogP contribution in [0.25, 0.3) is 10.9 Å². The van der Waals surface area contributed by atoms with Gasteiger partial charge >= 0.3 is 12.1 Å². The number of carbonyl (C=O) groups is 2. The van der Waals surface area contributed by atoms with Crippen molar-refractivity contribution in [2.45, 2.75) is 78.5 Å². The number of hydrogen-bond donors (Lipinski definition) is 0. The number of rotatable bonds is 5. The molecule has 7 nitrogen and oxygen atoms in total. The highest BCUT2D eigenvalue weighted by Crippen LogP contribution is 2.57. The lowest BCUT2D eigenvalue weighted by molar-refractivity contribution is -0.0395. The number of carbonyl (C=O) groups excluding carboxylic acids is 2. The van der Waals surface area contributed by atoms with Crippen molar-refractivity contribution in [1.29, 1.82) is 0 Å². The average molecular weight is 560 g/mol. The molecule has 41 heavy (non-hydrogen) atoms. The number of ether oxygens (including phenoxy) is 2. The monoisotopic (exact) mass is 559 g/mol. The van der Waals surface area contributed by atoms with Gasteiger partial charge in [0.2, 0.25) is 0 Å². The molecule has 1 aliphatic carbocycles. The van der Waals surface area contributed by atoms with Crippen LogP contribution in [0.1, 0.15) is 86.5 Å². The number of likely N-dealkylation sites (tertiary alicyclic amines) is 1. The second-order valence-corrected chi connectivity index (χ2v) is 13.6. The fourth-order valence-corrected chi connectivity index (χ4v) is 7.25. The maximum absolute atomic E-state index is 13.2. The Morgan fingerprint density at radius 1 is 1.07 bits per heavy atom. The molecule has 220 valence electrons. The van der Waals surface area contributed by atoms with E-state index in [0.29, 0.717) is 11.0 Å². The van der Waals surface area contributed by atoms with Crippen LogP contribution in [0.4, 0.5) is 10.5 Å². The van der Waals surface area contributed by atoms with E-state index in [-0.39, 0.29) is 18.1 Å². The van der Waals surface area contributed by atoms with E-state index in [4.69, 9.17) is 9.47 Å².